The standard InChI is InChI=1S/C49H45FN6O6Si/c1-30-45(63(2,3)50)43(24-44(58)53-28-35-13-5-4-10-32(35)22-38(53)29-57)62-49(30)41-23-37(56-47(60)40-15-9-7-12-34(40)26-52-56)20-21-42(41)54(48(49)61)27-31-16-18-36(19-17-31)55-46(59)39-14-8-6-11-33(39)25-51-55/h4-21,23,25-26,30,38,43,45,57H,22,24,27-29H2,1-3H3/t30-,38+,43+,45-,49+/m1/s1. The largest absolute Gasteiger partial charge is 0.394 e. The van der Waals surface area contributed by atoms with Crippen molar-refractivity contribution in [1.82, 2.24) is 24.5 Å². The van der Waals surface area contributed by atoms with E-state index >= 15 is 8.90 Å². The molecule has 63 heavy (non-hydrogen) atoms. The van der Waals surface area contributed by atoms with Crippen molar-refractivity contribution in [3.63, 3.8) is 0 Å². The lowest BCUT2D eigenvalue weighted by Crippen LogP contribution is -2.48. The first-order valence-electron chi connectivity index (χ1n) is 21.2. The molecule has 5 heterocycles. The number of nitrogens with zero attached hydrogens (tertiary/aromatic N) is 6. The highest BCUT2D eigenvalue weighted by Crippen LogP contribution is 2.60. The molecular formula is C49H45FN6O6Si. The van der Waals surface area contributed by atoms with Crippen molar-refractivity contribution in [1.29, 1.82) is 0 Å². The number of aliphatic hydroxyl groups is 1. The Labute approximate surface area is 363 Å². The summed E-state index contributed by atoms with van der Waals surface area (Å²) in [6.45, 7) is 5.18. The normalized spacial score (nSPS) is 22.0. The second-order valence-electron chi connectivity index (χ2n) is 17.5. The zero-order valence-corrected chi connectivity index (χ0v) is 36.0. The molecule has 1 N–H and O–H groups in total. The number of carbonyl (C=O) groups excluding carboxylic acids is 2. The molecule has 1 saturated heterocycles. The lowest BCUT2D eigenvalue weighted by molar-refractivity contribution is -0.151. The number of carbonyl (C=O) groups is 2. The average molecular weight is 861 g/mol. The summed E-state index contributed by atoms with van der Waals surface area (Å²) in [6.07, 6.45) is 2.59. The van der Waals surface area contributed by atoms with Crippen LogP contribution in [0.2, 0.25) is 18.6 Å². The number of hydrogen-bond donors (Lipinski definition) is 1. The molecule has 3 aliphatic heterocycles. The van der Waals surface area contributed by atoms with Gasteiger partial charge in [0.15, 0.2) is 5.60 Å². The Morgan fingerprint density at radius 1 is 0.810 bits per heavy atom. The Morgan fingerprint density at radius 2 is 1.40 bits per heavy atom. The lowest BCUT2D eigenvalue weighted by Gasteiger charge is -2.37. The van der Waals surface area contributed by atoms with E-state index in [2.05, 4.69) is 10.2 Å². The molecule has 0 saturated carbocycles. The predicted molar refractivity (Wildman–Crippen MR) is 240 cm³/mol. The number of halogens is 1. The molecule has 3 aliphatic rings. The summed E-state index contributed by atoms with van der Waals surface area (Å²) in [7, 11) is -3.68. The van der Waals surface area contributed by atoms with Crippen LogP contribution in [0.25, 0.3) is 32.9 Å². The van der Waals surface area contributed by atoms with Crippen LogP contribution >= 0.6 is 0 Å². The van der Waals surface area contributed by atoms with Crippen LogP contribution in [0.3, 0.4) is 0 Å². The van der Waals surface area contributed by atoms with E-state index in [4.69, 9.17) is 4.74 Å². The fraction of sp³-hybridized carbons (Fsp3) is 0.265. The monoisotopic (exact) mass is 860 g/mol. The molecule has 0 unspecified atom stereocenters. The van der Waals surface area contributed by atoms with Gasteiger partial charge in [-0.05, 0) is 78.7 Å². The minimum absolute atomic E-state index is 0.105. The summed E-state index contributed by atoms with van der Waals surface area (Å²) < 4.78 is 26.6. The molecule has 0 aliphatic carbocycles. The summed E-state index contributed by atoms with van der Waals surface area (Å²) in [5, 5.41) is 21.8. The van der Waals surface area contributed by atoms with Crippen molar-refractivity contribution in [2.24, 2.45) is 5.92 Å². The van der Waals surface area contributed by atoms with Gasteiger partial charge in [-0.2, -0.15) is 19.6 Å². The summed E-state index contributed by atoms with van der Waals surface area (Å²) >= 11 is 0. The molecule has 5 aromatic carbocycles. The van der Waals surface area contributed by atoms with Gasteiger partial charge in [0.05, 0.1) is 71.9 Å². The van der Waals surface area contributed by atoms with Gasteiger partial charge in [-0.25, -0.2) is 0 Å². The highest BCUT2D eigenvalue weighted by molar-refractivity contribution is 6.72. The molecule has 10 rings (SSSR count). The molecule has 12 nitrogen and oxygen atoms in total. The molecule has 0 bridgehead atoms. The summed E-state index contributed by atoms with van der Waals surface area (Å²) in [5.41, 5.74) is 1.64. The second kappa shape index (κ2) is 15.3. The van der Waals surface area contributed by atoms with Crippen LogP contribution in [0.4, 0.5) is 9.80 Å². The Hall–Kier alpha value is -6.61. The predicted octanol–water partition coefficient (Wildman–Crippen LogP) is 6.74. The van der Waals surface area contributed by atoms with Gasteiger partial charge in [0.25, 0.3) is 17.0 Å². The smallest absolute Gasteiger partial charge is 0.279 e. The van der Waals surface area contributed by atoms with Gasteiger partial charge < -0.3 is 23.8 Å². The number of amides is 2. The minimum atomic E-state index is -3.68. The SMILES string of the molecule is C[C@@H]1[C@@H]([Si](C)(C)F)[C@H](CC(=O)N2Cc3ccccc3C[C@H]2CO)O[C@@]12C(=O)N(Cc1ccc(-n3ncc4ccccc4c3=O)cc1)c1ccc(-n3ncc4ccccc4c3=O)cc12. The average Bonchev–Trinajstić information content (AvgIpc) is 3.71. The van der Waals surface area contributed by atoms with Gasteiger partial charge in [-0.3, -0.25) is 19.2 Å². The zero-order valence-electron chi connectivity index (χ0n) is 35.0. The van der Waals surface area contributed by atoms with Gasteiger partial charge in [0.2, 0.25) is 14.3 Å². The van der Waals surface area contributed by atoms with Crippen LogP contribution in [0.5, 0.6) is 0 Å². The maximum Gasteiger partial charge on any atom is 0.279 e. The van der Waals surface area contributed by atoms with Crippen LogP contribution in [-0.2, 0) is 39.4 Å². The van der Waals surface area contributed by atoms with Gasteiger partial charge in [-0.15, -0.1) is 0 Å². The minimum Gasteiger partial charge on any atom is -0.394 e. The number of hydrogen-bond acceptors (Lipinski definition) is 8. The number of aliphatic hydroxyl groups excluding tert-OH is 1. The van der Waals surface area contributed by atoms with E-state index in [1.807, 2.05) is 73.7 Å². The maximum absolute atomic E-state index is 16.9. The van der Waals surface area contributed by atoms with E-state index in [1.165, 1.54) is 9.36 Å². The second-order valence-corrected chi connectivity index (χ2v) is 21.3. The third kappa shape index (κ3) is 6.62. The van der Waals surface area contributed by atoms with Crippen molar-refractivity contribution in [3.05, 3.63) is 171 Å². The molecule has 5 atom stereocenters. The molecule has 1 spiro atoms. The van der Waals surface area contributed by atoms with Crippen molar-refractivity contribution < 1.29 is 23.5 Å². The third-order valence-corrected chi connectivity index (χ3v) is 15.8. The van der Waals surface area contributed by atoms with Crippen molar-refractivity contribution in [2.75, 3.05) is 11.5 Å². The molecule has 2 amide bonds. The number of anilines is 1. The first-order valence-corrected chi connectivity index (χ1v) is 24.2. The highest BCUT2D eigenvalue weighted by atomic mass is 28.4. The third-order valence-electron chi connectivity index (χ3n) is 13.4. The van der Waals surface area contributed by atoms with Crippen LogP contribution in [0.15, 0.2) is 137 Å². The Balaban J connectivity index is 1.04. The van der Waals surface area contributed by atoms with Gasteiger partial charge >= 0.3 is 0 Å². The Kier molecular flexibility index (Phi) is 9.84. The van der Waals surface area contributed by atoms with Crippen molar-refractivity contribution in [2.45, 2.75) is 69.2 Å². The Morgan fingerprint density at radius 3 is 2.03 bits per heavy atom. The summed E-state index contributed by atoms with van der Waals surface area (Å²) in [6, 6.07) is 34.3. The quantitative estimate of drug-likeness (QED) is 0.131. The highest BCUT2D eigenvalue weighted by Gasteiger charge is 2.67. The van der Waals surface area contributed by atoms with Gasteiger partial charge in [0.1, 0.15) is 0 Å². The fourth-order valence-corrected chi connectivity index (χ4v) is 12.8. The number of aromatic nitrogens is 4. The fourth-order valence-electron chi connectivity index (χ4n) is 10.3. The molecule has 0 radical (unpaired) electrons. The molecule has 318 valence electrons. The van der Waals surface area contributed by atoms with Gasteiger partial charge in [-0.1, -0.05) is 79.7 Å². The zero-order chi connectivity index (χ0) is 43.8. The van der Waals surface area contributed by atoms with E-state index in [0.29, 0.717) is 51.7 Å². The van der Waals surface area contributed by atoms with Crippen LogP contribution in [0, 0.1) is 5.92 Å². The van der Waals surface area contributed by atoms with E-state index < -0.39 is 43.5 Å². The van der Waals surface area contributed by atoms with Gasteiger partial charge in [0, 0.05) is 34.3 Å². The van der Waals surface area contributed by atoms with Crippen molar-refractivity contribution in [3.8, 4) is 11.4 Å². The van der Waals surface area contributed by atoms with E-state index in [0.717, 1.165) is 22.1 Å². The molecule has 7 aromatic rings. The summed E-state index contributed by atoms with van der Waals surface area (Å²) in [4.78, 5) is 60.4. The maximum atomic E-state index is 16.9. The topological polar surface area (TPSA) is 140 Å². The first-order chi connectivity index (χ1) is 30.4. The van der Waals surface area contributed by atoms with E-state index in [1.54, 1.807) is 83.8 Å². The molecule has 14 heteroatoms. The van der Waals surface area contributed by atoms with E-state index in [-0.39, 0.29) is 36.6 Å². The molecule has 2 aromatic heterocycles. The van der Waals surface area contributed by atoms with Crippen LogP contribution in [-0.4, -0.2) is 68.5 Å². The van der Waals surface area contributed by atoms with Crippen LogP contribution in [0.1, 0.15) is 35.6 Å². The number of ether oxygens (including phenoxy) is 1. The number of benzene rings is 5. The first kappa shape index (κ1) is 40.5. The molecular weight excluding hydrogens is 816 g/mol. The van der Waals surface area contributed by atoms with Crippen LogP contribution < -0.4 is 16.0 Å². The van der Waals surface area contributed by atoms with E-state index in [9.17, 15) is 19.5 Å². The number of fused-ring (bicyclic) bond motifs is 5. The summed E-state index contributed by atoms with van der Waals surface area (Å²) in [5.74, 6) is -1.42. The lowest BCUT2D eigenvalue weighted by atomic mass is 9.82. The van der Waals surface area contributed by atoms with Crippen molar-refractivity contribution >= 4 is 47.5 Å². The Bertz CT molecular complexity index is 3100. The molecule has 1 fully saturated rings. The number of rotatable bonds is 8.